The van der Waals surface area contributed by atoms with Crippen LogP contribution in [-0.4, -0.2) is 12.1 Å². The first-order valence-electron chi connectivity index (χ1n) is 18.9. The van der Waals surface area contributed by atoms with Gasteiger partial charge in [0, 0.05) is 49.2 Å². The van der Waals surface area contributed by atoms with Crippen LogP contribution in [0.1, 0.15) is 53.5 Å². The standard InChI is InChI=1S/C49H39NS2/c1-3-13-32(14-4-1)35-23-26-41-48(31-35)52-46-22-12-9-19-40(46)49(41)39-18-8-11-21-45(39)51-47-28-25-34(30-42(47)49)33-24-27-44-38(29-33)37-17-7-10-20-43(37)50(44)36-15-5-2-6-16-36/h1-9,11-19,21-23,25-26,28-31,37-38,43-44H,10,20,24,27H2. The number of hydrogen-bond donors (Lipinski definition) is 0. The van der Waals surface area contributed by atoms with Gasteiger partial charge in [-0.15, -0.1) is 0 Å². The average Bonchev–Trinajstić information content (AvgIpc) is 3.55. The van der Waals surface area contributed by atoms with Gasteiger partial charge >= 0.3 is 0 Å². The molecule has 2 aliphatic carbocycles. The largest absolute Gasteiger partial charge is 0.364 e. The van der Waals surface area contributed by atoms with E-state index in [2.05, 4.69) is 169 Å². The van der Waals surface area contributed by atoms with Gasteiger partial charge in [0.15, 0.2) is 0 Å². The Bertz CT molecular complexity index is 2400. The molecule has 1 fully saturated rings. The molecule has 6 aromatic carbocycles. The molecule has 6 aromatic rings. The molecule has 5 unspecified atom stereocenters. The minimum atomic E-state index is -0.411. The first-order chi connectivity index (χ1) is 25.8. The zero-order chi connectivity index (χ0) is 34.2. The Balaban J connectivity index is 1.09. The number of anilines is 1. The molecule has 0 amide bonds. The van der Waals surface area contributed by atoms with Crippen LogP contribution in [0.2, 0.25) is 0 Å². The average molecular weight is 706 g/mol. The van der Waals surface area contributed by atoms with Crippen molar-refractivity contribution in [1.82, 2.24) is 0 Å². The number of fused-ring (bicyclic) bond motifs is 11. The van der Waals surface area contributed by atoms with Crippen LogP contribution in [0.3, 0.4) is 0 Å². The van der Waals surface area contributed by atoms with Crippen molar-refractivity contribution in [2.45, 2.75) is 62.8 Å². The van der Waals surface area contributed by atoms with Crippen LogP contribution in [-0.2, 0) is 5.41 Å². The summed E-state index contributed by atoms with van der Waals surface area (Å²) in [5.41, 5.74) is 12.0. The first kappa shape index (κ1) is 30.9. The van der Waals surface area contributed by atoms with Crippen LogP contribution in [0.15, 0.2) is 183 Å². The van der Waals surface area contributed by atoms with Crippen molar-refractivity contribution in [3.05, 3.63) is 192 Å². The van der Waals surface area contributed by atoms with E-state index in [0.29, 0.717) is 23.9 Å². The molecule has 1 saturated heterocycles. The molecule has 0 N–H and O–H groups in total. The van der Waals surface area contributed by atoms with Crippen molar-refractivity contribution in [3.63, 3.8) is 0 Å². The van der Waals surface area contributed by atoms with Gasteiger partial charge in [-0.1, -0.05) is 145 Å². The van der Waals surface area contributed by atoms with Crippen LogP contribution in [0.4, 0.5) is 5.69 Å². The Morgan fingerprint density at radius 3 is 1.92 bits per heavy atom. The van der Waals surface area contributed by atoms with E-state index >= 15 is 0 Å². The van der Waals surface area contributed by atoms with Gasteiger partial charge in [0.05, 0.1) is 5.41 Å². The molecule has 3 heterocycles. The van der Waals surface area contributed by atoms with E-state index < -0.39 is 5.41 Å². The highest BCUT2D eigenvalue weighted by molar-refractivity contribution is 8.00. The summed E-state index contributed by atoms with van der Waals surface area (Å²) in [5.74, 6) is 1.09. The van der Waals surface area contributed by atoms with E-state index in [1.807, 2.05) is 23.5 Å². The molecule has 52 heavy (non-hydrogen) atoms. The van der Waals surface area contributed by atoms with Crippen molar-refractivity contribution in [2.75, 3.05) is 4.90 Å². The van der Waals surface area contributed by atoms with Crippen LogP contribution in [0.5, 0.6) is 0 Å². The lowest BCUT2D eigenvalue weighted by molar-refractivity contribution is 0.437. The third kappa shape index (κ3) is 4.58. The molecule has 1 nitrogen and oxygen atoms in total. The fraction of sp³-hybridized carbons (Fsp3) is 0.184. The maximum Gasteiger partial charge on any atom is 0.0745 e. The Morgan fingerprint density at radius 2 is 1.13 bits per heavy atom. The number of nitrogens with zero attached hydrogens (tertiary/aromatic N) is 1. The Morgan fingerprint density at radius 1 is 0.500 bits per heavy atom. The number of hydrogen-bond acceptors (Lipinski definition) is 3. The molecule has 252 valence electrons. The van der Waals surface area contributed by atoms with E-state index in [9.17, 15) is 0 Å². The lowest BCUT2D eigenvalue weighted by atomic mass is 9.64. The minimum absolute atomic E-state index is 0.411. The third-order valence-electron chi connectivity index (χ3n) is 12.5. The molecular weight excluding hydrogens is 667 g/mol. The van der Waals surface area contributed by atoms with Gasteiger partial charge in [0.25, 0.3) is 0 Å². The second kappa shape index (κ2) is 12.2. The second-order valence-electron chi connectivity index (χ2n) is 15.0. The SMILES string of the molecule is C1=CC2C3C=C(c4ccc5c(c4)C4(c6ccccc6Sc6cc(-c7ccccc7)ccc64)c4ccccc4S5)CCC3N(c3ccccc3)C2CC1. The highest BCUT2D eigenvalue weighted by atomic mass is 32.2. The fourth-order valence-electron chi connectivity index (χ4n) is 10.3. The summed E-state index contributed by atoms with van der Waals surface area (Å²) in [6, 6.07) is 56.3. The Hall–Kier alpha value is -4.70. The van der Waals surface area contributed by atoms with Gasteiger partial charge in [0.2, 0.25) is 0 Å². The topological polar surface area (TPSA) is 3.24 Å². The Kier molecular flexibility index (Phi) is 7.24. The van der Waals surface area contributed by atoms with Crippen LogP contribution in [0, 0.1) is 11.8 Å². The molecule has 3 heteroatoms. The smallest absolute Gasteiger partial charge is 0.0745 e. The molecule has 11 rings (SSSR count). The predicted octanol–water partition coefficient (Wildman–Crippen LogP) is 12.7. The number of rotatable bonds is 3. The monoisotopic (exact) mass is 705 g/mol. The Labute approximate surface area is 315 Å². The summed E-state index contributed by atoms with van der Waals surface area (Å²) in [5, 5.41) is 0. The highest BCUT2D eigenvalue weighted by Crippen LogP contribution is 2.62. The summed E-state index contributed by atoms with van der Waals surface area (Å²) >= 11 is 3.87. The molecule has 0 aromatic heterocycles. The summed E-state index contributed by atoms with van der Waals surface area (Å²) in [4.78, 5) is 8.21. The van der Waals surface area contributed by atoms with Gasteiger partial charge in [-0.3, -0.25) is 0 Å². The van der Waals surface area contributed by atoms with E-state index in [1.54, 1.807) is 0 Å². The van der Waals surface area contributed by atoms with E-state index in [0.717, 1.165) is 6.42 Å². The quantitative estimate of drug-likeness (QED) is 0.169. The zero-order valence-electron chi connectivity index (χ0n) is 29.0. The fourth-order valence-corrected chi connectivity index (χ4v) is 12.7. The lowest BCUT2D eigenvalue weighted by Gasteiger charge is -2.46. The van der Waals surface area contributed by atoms with E-state index in [4.69, 9.17) is 0 Å². The second-order valence-corrected chi connectivity index (χ2v) is 17.2. The maximum atomic E-state index is 2.80. The molecule has 3 aliphatic heterocycles. The van der Waals surface area contributed by atoms with E-state index in [-0.39, 0.29) is 0 Å². The molecule has 0 radical (unpaired) electrons. The molecule has 0 bridgehead atoms. The van der Waals surface area contributed by atoms with Crippen LogP contribution < -0.4 is 4.90 Å². The molecular formula is C49H39NS2. The van der Waals surface area contributed by atoms with Crippen molar-refractivity contribution in [3.8, 4) is 11.1 Å². The van der Waals surface area contributed by atoms with Gasteiger partial charge in [-0.25, -0.2) is 0 Å². The summed E-state index contributed by atoms with van der Waals surface area (Å²) in [7, 11) is 0. The van der Waals surface area contributed by atoms with Crippen molar-refractivity contribution < 1.29 is 0 Å². The van der Waals surface area contributed by atoms with Gasteiger partial charge in [0.1, 0.15) is 0 Å². The van der Waals surface area contributed by atoms with Crippen molar-refractivity contribution in [1.29, 1.82) is 0 Å². The van der Waals surface area contributed by atoms with Crippen LogP contribution >= 0.6 is 23.5 Å². The molecule has 1 spiro atoms. The van der Waals surface area contributed by atoms with Gasteiger partial charge in [-0.05, 0) is 113 Å². The summed E-state index contributed by atoms with van der Waals surface area (Å²) in [6.07, 6.45) is 12.4. The van der Waals surface area contributed by atoms with Crippen LogP contribution in [0.25, 0.3) is 16.7 Å². The number of allylic oxidation sites excluding steroid dienone is 2. The zero-order valence-corrected chi connectivity index (χ0v) is 30.6. The lowest BCUT2D eigenvalue weighted by Crippen LogP contribution is -2.39. The minimum Gasteiger partial charge on any atom is -0.364 e. The van der Waals surface area contributed by atoms with Gasteiger partial charge < -0.3 is 4.90 Å². The molecule has 5 atom stereocenters. The first-order valence-corrected chi connectivity index (χ1v) is 20.5. The third-order valence-corrected chi connectivity index (χ3v) is 14.7. The molecule has 5 aliphatic rings. The van der Waals surface area contributed by atoms with Crippen molar-refractivity contribution in [2.24, 2.45) is 11.8 Å². The normalized spacial score (nSPS) is 24.9. The number of para-hydroxylation sites is 1. The summed E-state index contributed by atoms with van der Waals surface area (Å²) < 4.78 is 0. The highest BCUT2D eigenvalue weighted by Gasteiger charge is 2.50. The predicted molar refractivity (Wildman–Crippen MR) is 217 cm³/mol. The van der Waals surface area contributed by atoms with Crippen molar-refractivity contribution >= 4 is 34.8 Å². The van der Waals surface area contributed by atoms with Gasteiger partial charge in [-0.2, -0.15) is 0 Å². The molecule has 0 saturated carbocycles. The van der Waals surface area contributed by atoms with E-state index in [1.165, 1.54) is 89.0 Å². The number of benzene rings is 6. The summed E-state index contributed by atoms with van der Waals surface area (Å²) in [6.45, 7) is 0. The maximum absolute atomic E-state index is 2.80.